The van der Waals surface area contributed by atoms with Gasteiger partial charge in [0.2, 0.25) is 11.8 Å². The predicted octanol–water partition coefficient (Wildman–Crippen LogP) is 7.05. The van der Waals surface area contributed by atoms with Gasteiger partial charge in [-0.1, -0.05) is 108 Å². The van der Waals surface area contributed by atoms with Crippen molar-refractivity contribution >= 4 is 46.2 Å². The largest absolute Gasteiger partial charge is 0.491 e. The number of nitrogens with zero attached hydrogens (tertiary/aromatic N) is 1. The fourth-order valence-corrected chi connectivity index (χ4v) is 9.37. The Bertz CT molecular complexity index is 2140. The van der Waals surface area contributed by atoms with E-state index in [-0.39, 0.29) is 43.0 Å². The lowest BCUT2D eigenvalue weighted by atomic mass is 9.44. The molecule has 1 N–H and O–H groups in total. The van der Waals surface area contributed by atoms with E-state index in [1.807, 2.05) is 97.9 Å². The fraction of sp³-hybridized carbons (Fsp3) is 0.256. The van der Waals surface area contributed by atoms with Crippen LogP contribution in [-0.2, 0) is 24.6 Å². The average Bonchev–Trinajstić information content (AvgIpc) is 3.42. The first-order chi connectivity index (χ1) is 24.8. The number of aryl methyl sites for hydroxylation is 1. The summed E-state index contributed by atoms with van der Waals surface area (Å²) in [5.74, 6) is -3.99. The molecule has 0 spiro atoms. The third kappa shape index (κ3) is 5.05. The Morgan fingerprint density at radius 2 is 1.57 bits per heavy atom. The van der Waals surface area contributed by atoms with E-state index < -0.39 is 35.0 Å². The summed E-state index contributed by atoms with van der Waals surface area (Å²) in [4.78, 5) is 60.3. The zero-order valence-electron chi connectivity index (χ0n) is 28.0. The molecule has 256 valence electrons. The molecule has 3 aliphatic carbocycles. The van der Waals surface area contributed by atoms with Gasteiger partial charge < -0.3 is 9.84 Å². The molecule has 6 unspecified atom stereocenters. The van der Waals surface area contributed by atoms with E-state index in [0.29, 0.717) is 45.1 Å². The van der Waals surface area contributed by atoms with Crippen LogP contribution in [0.25, 0.3) is 5.57 Å². The quantitative estimate of drug-likeness (QED) is 0.164. The number of amides is 2. The fourth-order valence-electron chi connectivity index (χ4n) is 9.20. The van der Waals surface area contributed by atoms with Gasteiger partial charge in [0.15, 0.2) is 11.6 Å². The standard InChI is InChI=1S/C43H36ClNO6/c1-25-16-17-28(22-35(25)44)45-41(49)31-19-18-29-33(38(31)42(45)50)23-34-40(48)32(26-10-4-2-5-11-26)24-37(47)43(34,27-12-6-3-7-13-27)39(29)30-14-8-9-15-36(30)51-21-20-46/h2-18,22,24,31,33-34,38-39,46H,19-21,23H2,1H3. The second-order valence-electron chi connectivity index (χ2n) is 13.8. The van der Waals surface area contributed by atoms with Crippen molar-refractivity contribution in [2.75, 3.05) is 18.1 Å². The summed E-state index contributed by atoms with van der Waals surface area (Å²) in [7, 11) is 0. The molecule has 6 atom stereocenters. The third-order valence-electron chi connectivity index (χ3n) is 11.4. The summed E-state index contributed by atoms with van der Waals surface area (Å²) in [5.41, 5.74) is 3.10. The number of benzene rings is 4. The lowest BCUT2D eigenvalue weighted by Gasteiger charge is -2.55. The molecule has 1 saturated carbocycles. The molecule has 1 heterocycles. The van der Waals surface area contributed by atoms with Gasteiger partial charge in [0.05, 0.1) is 29.5 Å². The number of allylic oxidation sites excluding steroid dienone is 4. The molecule has 4 aromatic carbocycles. The minimum Gasteiger partial charge on any atom is -0.491 e. The Morgan fingerprint density at radius 3 is 2.29 bits per heavy atom. The Labute approximate surface area is 301 Å². The Balaban J connectivity index is 1.36. The number of para-hydroxylation sites is 1. The maximum Gasteiger partial charge on any atom is 0.238 e. The predicted molar refractivity (Wildman–Crippen MR) is 194 cm³/mol. The highest BCUT2D eigenvalue weighted by molar-refractivity contribution is 6.33. The summed E-state index contributed by atoms with van der Waals surface area (Å²) in [6.45, 7) is 1.68. The summed E-state index contributed by atoms with van der Waals surface area (Å²) in [6, 6.07) is 31.3. The molecular weight excluding hydrogens is 662 g/mol. The van der Waals surface area contributed by atoms with Crippen molar-refractivity contribution < 1.29 is 29.0 Å². The van der Waals surface area contributed by atoms with Gasteiger partial charge in [0, 0.05) is 28.0 Å². The highest BCUT2D eigenvalue weighted by Gasteiger charge is 2.66. The SMILES string of the molecule is Cc1ccc(N2C(=O)C3CC=C4C(CC5C(=O)C(c6ccccc6)=CC(=O)C5(c5ccccc5)C4c4ccccc4OCCO)C3C2=O)cc1Cl. The Hall–Kier alpha value is -5.11. The summed E-state index contributed by atoms with van der Waals surface area (Å²) in [6.07, 6.45) is 4.04. The van der Waals surface area contributed by atoms with Crippen molar-refractivity contribution in [1.29, 1.82) is 0 Å². The number of ketones is 2. The van der Waals surface area contributed by atoms with E-state index in [2.05, 4.69) is 0 Å². The topological polar surface area (TPSA) is 101 Å². The molecule has 1 saturated heterocycles. The average molecular weight is 698 g/mol. The number of carbonyl (C=O) groups excluding carboxylic acids is 4. The highest BCUT2D eigenvalue weighted by Crippen LogP contribution is 2.64. The summed E-state index contributed by atoms with van der Waals surface area (Å²) in [5, 5.41) is 10.2. The second-order valence-corrected chi connectivity index (χ2v) is 14.2. The van der Waals surface area contributed by atoms with E-state index in [9.17, 15) is 14.7 Å². The van der Waals surface area contributed by atoms with Gasteiger partial charge in [-0.3, -0.25) is 19.2 Å². The lowest BCUT2D eigenvalue weighted by Crippen LogP contribution is -2.58. The van der Waals surface area contributed by atoms with Crippen LogP contribution in [0.2, 0.25) is 5.02 Å². The van der Waals surface area contributed by atoms with Crippen LogP contribution >= 0.6 is 11.6 Å². The third-order valence-corrected chi connectivity index (χ3v) is 11.8. The number of anilines is 1. The molecule has 1 aliphatic heterocycles. The number of hydrogen-bond acceptors (Lipinski definition) is 6. The number of carbonyl (C=O) groups is 4. The van der Waals surface area contributed by atoms with Crippen molar-refractivity contribution in [3.8, 4) is 5.75 Å². The van der Waals surface area contributed by atoms with Gasteiger partial charge in [-0.05, 0) is 66.6 Å². The zero-order chi connectivity index (χ0) is 35.4. The van der Waals surface area contributed by atoms with Crippen LogP contribution in [0.5, 0.6) is 5.75 Å². The smallest absolute Gasteiger partial charge is 0.238 e. The minimum atomic E-state index is -1.37. The molecule has 51 heavy (non-hydrogen) atoms. The number of Topliss-reactive ketones (excluding diaryl/α,β-unsaturated/α-hetero) is 1. The van der Waals surface area contributed by atoms with Crippen molar-refractivity contribution in [2.24, 2.45) is 23.7 Å². The minimum absolute atomic E-state index is 0.0324. The molecular formula is C43H36ClNO6. The van der Waals surface area contributed by atoms with Crippen LogP contribution in [0, 0.1) is 30.6 Å². The van der Waals surface area contributed by atoms with Gasteiger partial charge in [-0.25, -0.2) is 4.90 Å². The van der Waals surface area contributed by atoms with Crippen LogP contribution < -0.4 is 9.64 Å². The maximum atomic E-state index is 15.2. The molecule has 0 aromatic heterocycles. The van der Waals surface area contributed by atoms with Gasteiger partial charge in [-0.15, -0.1) is 0 Å². The summed E-state index contributed by atoms with van der Waals surface area (Å²) < 4.78 is 6.12. The number of aliphatic hydroxyl groups is 1. The van der Waals surface area contributed by atoms with E-state index >= 15 is 9.59 Å². The van der Waals surface area contributed by atoms with Crippen molar-refractivity contribution in [1.82, 2.24) is 0 Å². The van der Waals surface area contributed by atoms with Crippen molar-refractivity contribution in [2.45, 2.75) is 31.1 Å². The Morgan fingerprint density at radius 1 is 0.863 bits per heavy atom. The van der Waals surface area contributed by atoms with Crippen LogP contribution in [-0.4, -0.2) is 41.7 Å². The first kappa shape index (κ1) is 33.1. The second kappa shape index (κ2) is 12.9. The number of hydrogen-bond donors (Lipinski definition) is 1. The van der Waals surface area contributed by atoms with Crippen LogP contribution in [0.1, 0.15) is 41.0 Å². The molecule has 8 rings (SSSR count). The van der Waals surface area contributed by atoms with Crippen LogP contribution in [0.3, 0.4) is 0 Å². The Kier molecular flexibility index (Phi) is 8.36. The van der Waals surface area contributed by atoms with Crippen LogP contribution in [0.4, 0.5) is 5.69 Å². The molecule has 2 fully saturated rings. The molecule has 7 nitrogen and oxygen atoms in total. The van der Waals surface area contributed by atoms with E-state index in [0.717, 1.165) is 11.1 Å². The number of ether oxygens (including phenoxy) is 1. The van der Waals surface area contributed by atoms with Gasteiger partial charge >= 0.3 is 0 Å². The first-order valence-electron chi connectivity index (χ1n) is 17.3. The summed E-state index contributed by atoms with van der Waals surface area (Å²) >= 11 is 6.47. The molecule has 4 aliphatic rings. The first-order valence-corrected chi connectivity index (χ1v) is 17.7. The van der Waals surface area contributed by atoms with Gasteiger partial charge in [-0.2, -0.15) is 0 Å². The molecule has 0 radical (unpaired) electrons. The van der Waals surface area contributed by atoms with E-state index in [1.54, 1.807) is 18.2 Å². The number of halogens is 1. The number of fused-ring (bicyclic) bond motifs is 4. The van der Waals surface area contributed by atoms with Gasteiger partial charge in [0.1, 0.15) is 12.4 Å². The number of imide groups is 1. The van der Waals surface area contributed by atoms with Crippen molar-refractivity contribution in [3.63, 3.8) is 0 Å². The highest BCUT2D eigenvalue weighted by atomic mass is 35.5. The number of aliphatic hydroxyl groups excluding tert-OH is 1. The van der Waals surface area contributed by atoms with Crippen LogP contribution in [0.15, 0.2) is 121 Å². The van der Waals surface area contributed by atoms with E-state index in [4.69, 9.17) is 16.3 Å². The lowest BCUT2D eigenvalue weighted by molar-refractivity contribution is -0.135. The normalized spacial score (nSPS) is 27.0. The number of rotatable bonds is 7. The van der Waals surface area contributed by atoms with E-state index in [1.165, 1.54) is 11.0 Å². The molecule has 8 heteroatoms. The molecule has 4 aromatic rings. The molecule has 2 amide bonds. The maximum absolute atomic E-state index is 15.2. The molecule has 0 bridgehead atoms. The van der Waals surface area contributed by atoms with Crippen molar-refractivity contribution in [3.05, 3.63) is 148 Å². The monoisotopic (exact) mass is 697 g/mol. The van der Waals surface area contributed by atoms with Gasteiger partial charge in [0.25, 0.3) is 0 Å². The zero-order valence-corrected chi connectivity index (χ0v) is 28.8.